The van der Waals surface area contributed by atoms with E-state index in [1.54, 1.807) is 24.1 Å². The van der Waals surface area contributed by atoms with Gasteiger partial charge in [0.1, 0.15) is 11.5 Å². The molecule has 1 aliphatic carbocycles. The van der Waals surface area contributed by atoms with E-state index >= 15 is 0 Å². The molecule has 0 radical (unpaired) electrons. The summed E-state index contributed by atoms with van der Waals surface area (Å²) in [6.45, 7) is -0.575. The molecule has 1 saturated carbocycles. The Balaban J connectivity index is 1.87. The molecular formula is C21H23F2NO3. The van der Waals surface area contributed by atoms with Crippen LogP contribution in [0.3, 0.4) is 0 Å². The van der Waals surface area contributed by atoms with Gasteiger partial charge in [0, 0.05) is 12.6 Å². The highest BCUT2D eigenvalue weighted by atomic mass is 19.3. The van der Waals surface area contributed by atoms with Crippen molar-refractivity contribution in [3.05, 3.63) is 59.7 Å². The van der Waals surface area contributed by atoms with Gasteiger partial charge < -0.3 is 14.4 Å². The Morgan fingerprint density at radius 2 is 1.81 bits per heavy atom. The number of para-hydroxylation sites is 1. The average molecular weight is 375 g/mol. The topological polar surface area (TPSA) is 38.8 Å². The first-order valence-electron chi connectivity index (χ1n) is 8.97. The predicted octanol–water partition coefficient (Wildman–Crippen LogP) is 4.74. The van der Waals surface area contributed by atoms with E-state index in [1.165, 1.54) is 12.1 Å². The fourth-order valence-electron chi connectivity index (χ4n) is 3.16. The van der Waals surface area contributed by atoms with E-state index in [0.29, 0.717) is 12.5 Å². The minimum absolute atomic E-state index is 0.0132. The molecule has 2 aromatic carbocycles. The monoisotopic (exact) mass is 375 g/mol. The van der Waals surface area contributed by atoms with Crippen LogP contribution in [0.25, 0.3) is 0 Å². The number of nitrogens with zero attached hydrogens (tertiary/aromatic N) is 1. The molecule has 0 saturated heterocycles. The van der Waals surface area contributed by atoms with Crippen LogP contribution in [-0.4, -0.2) is 30.6 Å². The van der Waals surface area contributed by atoms with Crippen LogP contribution < -0.4 is 9.47 Å². The number of alkyl halides is 2. The molecule has 0 N–H and O–H groups in total. The van der Waals surface area contributed by atoms with Gasteiger partial charge in [-0.25, -0.2) is 0 Å². The number of benzene rings is 2. The molecule has 0 spiro atoms. The fraction of sp³-hybridized carbons (Fsp3) is 0.381. The van der Waals surface area contributed by atoms with Crippen molar-refractivity contribution >= 4 is 5.91 Å². The summed E-state index contributed by atoms with van der Waals surface area (Å²) in [5, 5.41) is 0. The molecule has 6 heteroatoms. The fourth-order valence-corrected chi connectivity index (χ4v) is 3.16. The number of carbonyl (C=O) groups excluding carboxylic acids is 1. The van der Waals surface area contributed by atoms with E-state index in [-0.39, 0.29) is 23.3 Å². The maximum Gasteiger partial charge on any atom is 0.387 e. The minimum Gasteiger partial charge on any atom is -0.497 e. The molecule has 1 atom stereocenters. The minimum atomic E-state index is -2.98. The average Bonchev–Trinajstić information content (AvgIpc) is 3.51. The van der Waals surface area contributed by atoms with Crippen LogP contribution in [0.5, 0.6) is 11.5 Å². The number of halogens is 2. The molecule has 0 aromatic heterocycles. The number of amides is 1. The van der Waals surface area contributed by atoms with Crippen LogP contribution in [0.1, 0.15) is 35.7 Å². The zero-order valence-corrected chi connectivity index (χ0v) is 15.4. The van der Waals surface area contributed by atoms with Crippen molar-refractivity contribution in [2.75, 3.05) is 7.11 Å². The van der Waals surface area contributed by atoms with Gasteiger partial charge in [0.25, 0.3) is 5.91 Å². The highest BCUT2D eigenvalue weighted by Crippen LogP contribution is 2.37. The third kappa shape index (κ3) is 4.76. The van der Waals surface area contributed by atoms with Crippen molar-refractivity contribution in [2.45, 2.75) is 39.0 Å². The van der Waals surface area contributed by atoms with Gasteiger partial charge in [-0.15, -0.1) is 0 Å². The molecule has 1 aliphatic rings. The molecule has 27 heavy (non-hydrogen) atoms. The summed E-state index contributed by atoms with van der Waals surface area (Å²) in [4.78, 5) is 15.0. The normalized spacial score (nSPS) is 14.7. The first-order valence-corrected chi connectivity index (χ1v) is 8.97. The van der Waals surface area contributed by atoms with Crippen LogP contribution in [0.2, 0.25) is 0 Å². The lowest BCUT2D eigenvalue weighted by molar-refractivity contribution is -0.0503. The van der Waals surface area contributed by atoms with Gasteiger partial charge in [-0.05, 0) is 55.5 Å². The number of carbonyl (C=O) groups is 1. The number of rotatable bonds is 8. The molecule has 1 fully saturated rings. The van der Waals surface area contributed by atoms with E-state index < -0.39 is 6.61 Å². The molecule has 0 bridgehead atoms. The molecule has 0 aliphatic heterocycles. The maximum atomic E-state index is 13.2. The largest absolute Gasteiger partial charge is 0.497 e. The van der Waals surface area contributed by atoms with Crippen molar-refractivity contribution in [1.29, 1.82) is 0 Å². The predicted molar refractivity (Wildman–Crippen MR) is 98.1 cm³/mol. The molecular weight excluding hydrogens is 352 g/mol. The summed E-state index contributed by atoms with van der Waals surface area (Å²) in [5.41, 5.74) is 1.10. The summed E-state index contributed by atoms with van der Waals surface area (Å²) in [7, 11) is 1.60. The molecule has 1 amide bonds. The number of ether oxygens (including phenoxy) is 2. The molecule has 0 heterocycles. The van der Waals surface area contributed by atoms with E-state index in [1.807, 2.05) is 31.2 Å². The zero-order valence-electron chi connectivity index (χ0n) is 15.4. The quantitative estimate of drug-likeness (QED) is 0.669. The standard InChI is InChI=1S/C21H23F2NO3/c1-14(16-9-10-16)24(13-15-7-11-17(26-2)12-8-15)20(25)18-5-3-4-6-19(18)27-21(22)23/h3-8,11-12,14,16,21H,9-10,13H2,1-2H3. The third-order valence-corrected chi connectivity index (χ3v) is 4.90. The van der Waals surface area contributed by atoms with Crippen molar-refractivity contribution in [2.24, 2.45) is 5.92 Å². The van der Waals surface area contributed by atoms with Crippen LogP contribution in [0.15, 0.2) is 48.5 Å². The van der Waals surface area contributed by atoms with Gasteiger partial charge in [-0.3, -0.25) is 4.79 Å². The Bertz CT molecular complexity index is 775. The molecule has 4 nitrogen and oxygen atoms in total. The summed E-state index contributed by atoms with van der Waals surface area (Å²) in [6.07, 6.45) is 2.14. The number of hydrogen-bond donors (Lipinski definition) is 0. The Labute approximate surface area is 157 Å². The zero-order chi connectivity index (χ0) is 19.4. The van der Waals surface area contributed by atoms with Gasteiger partial charge in [0.2, 0.25) is 0 Å². The second-order valence-corrected chi connectivity index (χ2v) is 6.73. The van der Waals surface area contributed by atoms with E-state index in [4.69, 9.17) is 4.74 Å². The Kier molecular flexibility index (Phi) is 5.94. The molecule has 2 aromatic rings. The van der Waals surface area contributed by atoms with E-state index in [9.17, 15) is 13.6 Å². The molecule has 1 unspecified atom stereocenters. The molecule has 3 rings (SSSR count). The van der Waals surface area contributed by atoms with Crippen molar-refractivity contribution in [3.8, 4) is 11.5 Å². The number of hydrogen-bond acceptors (Lipinski definition) is 3. The lowest BCUT2D eigenvalue weighted by Crippen LogP contribution is -2.39. The SMILES string of the molecule is COc1ccc(CN(C(=O)c2ccccc2OC(F)F)C(C)C2CC2)cc1. The first-order chi connectivity index (χ1) is 13.0. The van der Waals surface area contributed by atoms with Crippen molar-refractivity contribution < 1.29 is 23.0 Å². The Hall–Kier alpha value is -2.63. The van der Waals surface area contributed by atoms with Crippen LogP contribution in [0, 0.1) is 5.92 Å². The van der Waals surface area contributed by atoms with Crippen LogP contribution >= 0.6 is 0 Å². The van der Waals surface area contributed by atoms with Crippen molar-refractivity contribution in [3.63, 3.8) is 0 Å². The van der Waals surface area contributed by atoms with Crippen LogP contribution in [0.4, 0.5) is 8.78 Å². The second kappa shape index (κ2) is 8.37. The van der Waals surface area contributed by atoms with Gasteiger partial charge >= 0.3 is 6.61 Å². The maximum absolute atomic E-state index is 13.2. The van der Waals surface area contributed by atoms with E-state index in [2.05, 4.69) is 4.74 Å². The van der Waals surface area contributed by atoms with Gasteiger partial charge in [0.05, 0.1) is 12.7 Å². The van der Waals surface area contributed by atoms with E-state index in [0.717, 1.165) is 24.2 Å². The van der Waals surface area contributed by atoms with Crippen molar-refractivity contribution in [1.82, 2.24) is 4.90 Å². The van der Waals surface area contributed by atoms with Crippen LogP contribution in [-0.2, 0) is 6.54 Å². The lowest BCUT2D eigenvalue weighted by atomic mass is 10.1. The highest BCUT2D eigenvalue weighted by Gasteiger charge is 2.35. The number of methoxy groups -OCH3 is 1. The van der Waals surface area contributed by atoms with Gasteiger partial charge in [-0.2, -0.15) is 8.78 Å². The first kappa shape index (κ1) is 19.1. The summed E-state index contributed by atoms with van der Waals surface area (Å²) in [5.74, 6) is 0.777. The lowest BCUT2D eigenvalue weighted by Gasteiger charge is -2.30. The van der Waals surface area contributed by atoms with Gasteiger partial charge in [-0.1, -0.05) is 24.3 Å². The second-order valence-electron chi connectivity index (χ2n) is 6.73. The summed E-state index contributed by atoms with van der Waals surface area (Å²) in [6, 6.07) is 13.7. The molecule has 144 valence electrons. The Morgan fingerprint density at radius 1 is 1.15 bits per heavy atom. The smallest absolute Gasteiger partial charge is 0.387 e. The highest BCUT2D eigenvalue weighted by molar-refractivity contribution is 5.97. The summed E-state index contributed by atoms with van der Waals surface area (Å²) >= 11 is 0. The van der Waals surface area contributed by atoms with Gasteiger partial charge in [0.15, 0.2) is 0 Å². The summed E-state index contributed by atoms with van der Waals surface area (Å²) < 4.78 is 35.2. The third-order valence-electron chi connectivity index (χ3n) is 4.90. The Morgan fingerprint density at radius 3 is 2.41 bits per heavy atom.